The van der Waals surface area contributed by atoms with Gasteiger partial charge in [0.25, 0.3) is 0 Å². The molecule has 0 aliphatic heterocycles. The number of carbonyl (C=O) groups excluding carboxylic acids is 1. The van der Waals surface area contributed by atoms with E-state index in [4.69, 9.17) is 21.1 Å². The second-order valence-corrected chi connectivity index (χ2v) is 6.84. The van der Waals surface area contributed by atoms with E-state index in [-0.39, 0.29) is 11.5 Å². The minimum absolute atomic E-state index is 0.0508. The van der Waals surface area contributed by atoms with E-state index in [1.807, 2.05) is 18.2 Å². The highest BCUT2D eigenvalue weighted by Crippen LogP contribution is 2.36. The molecule has 0 atom stereocenters. The Bertz CT molecular complexity index is 1230. The van der Waals surface area contributed by atoms with Gasteiger partial charge in [0.15, 0.2) is 5.78 Å². The molecule has 0 bridgehead atoms. The highest BCUT2D eigenvalue weighted by atomic mass is 35.5. The Morgan fingerprint density at radius 1 is 0.966 bits per heavy atom. The van der Waals surface area contributed by atoms with E-state index < -0.39 is 0 Å². The van der Waals surface area contributed by atoms with E-state index in [0.717, 1.165) is 0 Å². The van der Waals surface area contributed by atoms with Crippen molar-refractivity contribution in [2.45, 2.75) is 0 Å². The Kier molecular flexibility index (Phi) is 4.91. The first-order chi connectivity index (χ1) is 14.0. The zero-order valence-corrected chi connectivity index (χ0v) is 16.6. The lowest BCUT2D eigenvalue weighted by atomic mass is 10.0. The molecule has 0 aliphatic carbocycles. The van der Waals surface area contributed by atoms with E-state index in [1.165, 1.54) is 7.11 Å². The van der Waals surface area contributed by atoms with Crippen LogP contribution in [-0.2, 0) is 0 Å². The number of halogens is 1. The molecule has 0 aliphatic rings. The Labute approximate surface area is 172 Å². The van der Waals surface area contributed by atoms with E-state index in [9.17, 15) is 9.90 Å². The third-order valence-electron chi connectivity index (χ3n) is 4.82. The average Bonchev–Trinajstić information content (AvgIpc) is 3.10. The third-order valence-corrected chi connectivity index (χ3v) is 5.14. The lowest BCUT2D eigenvalue weighted by Crippen LogP contribution is -2.08. The largest absolute Gasteiger partial charge is 0.506 e. The molecule has 1 aromatic heterocycles. The molecule has 0 unspecified atom stereocenters. The monoisotopic (exact) mass is 407 g/mol. The van der Waals surface area contributed by atoms with Crippen LogP contribution in [0.2, 0.25) is 5.02 Å². The number of rotatable bonds is 5. The summed E-state index contributed by atoms with van der Waals surface area (Å²) in [5.41, 5.74) is 2.21. The SMILES string of the molecule is COc1ccc(C(=O)c2ccccc2-n2cc(O)c3c(Cl)cccc32)c(OC)c1. The lowest BCUT2D eigenvalue weighted by Gasteiger charge is -2.14. The number of fused-ring (bicyclic) bond motifs is 1. The molecule has 0 saturated heterocycles. The number of benzene rings is 3. The maximum Gasteiger partial charge on any atom is 0.198 e. The molecule has 0 amide bonds. The molecule has 3 aromatic carbocycles. The summed E-state index contributed by atoms with van der Waals surface area (Å²) in [4.78, 5) is 13.4. The molecular formula is C23H18ClNO4. The van der Waals surface area contributed by atoms with Crippen LogP contribution in [0.1, 0.15) is 15.9 Å². The lowest BCUT2D eigenvalue weighted by molar-refractivity contribution is 0.103. The number of methoxy groups -OCH3 is 2. The van der Waals surface area contributed by atoms with Gasteiger partial charge < -0.3 is 19.1 Å². The van der Waals surface area contributed by atoms with Crippen molar-refractivity contribution in [3.63, 3.8) is 0 Å². The van der Waals surface area contributed by atoms with Gasteiger partial charge >= 0.3 is 0 Å². The topological polar surface area (TPSA) is 60.7 Å². The summed E-state index contributed by atoms with van der Waals surface area (Å²) < 4.78 is 12.4. The molecule has 0 radical (unpaired) electrons. The number of aromatic hydroxyl groups is 1. The molecule has 5 nitrogen and oxygen atoms in total. The number of para-hydroxylation sites is 1. The van der Waals surface area contributed by atoms with Crippen molar-refractivity contribution in [3.05, 3.63) is 83.0 Å². The Morgan fingerprint density at radius 2 is 1.76 bits per heavy atom. The van der Waals surface area contributed by atoms with Gasteiger partial charge in [-0.05, 0) is 36.4 Å². The summed E-state index contributed by atoms with van der Waals surface area (Å²) >= 11 is 6.26. The number of carbonyl (C=O) groups is 1. The normalized spacial score (nSPS) is 10.9. The highest BCUT2D eigenvalue weighted by molar-refractivity contribution is 6.36. The summed E-state index contributed by atoms with van der Waals surface area (Å²) in [6.45, 7) is 0. The Hall–Kier alpha value is -3.44. The zero-order chi connectivity index (χ0) is 20.5. The maximum absolute atomic E-state index is 13.4. The van der Waals surface area contributed by atoms with Crippen LogP contribution in [0.25, 0.3) is 16.6 Å². The minimum atomic E-state index is -0.205. The van der Waals surface area contributed by atoms with Crippen LogP contribution in [-0.4, -0.2) is 29.7 Å². The van der Waals surface area contributed by atoms with Gasteiger partial charge in [-0.2, -0.15) is 0 Å². The Morgan fingerprint density at radius 3 is 2.52 bits per heavy atom. The maximum atomic E-state index is 13.4. The molecular weight excluding hydrogens is 390 g/mol. The first kappa shape index (κ1) is 18.9. The van der Waals surface area contributed by atoms with E-state index in [1.54, 1.807) is 60.3 Å². The van der Waals surface area contributed by atoms with Crippen LogP contribution >= 0.6 is 11.6 Å². The molecule has 4 rings (SSSR count). The number of hydrogen-bond acceptors (Lipinski definition) is 4. The standard InChI is InChI=1S/C23H18ClNO4/c1-28-14-10-11-16(21(12-14)29-2)23(27)15-6-3-4-8-18(15)25-13-20(26)22-17(24)7-5-9-19(22)25/h3-13,26H,1-2H3. The van der Waals surface area contributed by atoms with Crippen LogP contribution in [0.5, 0.6) is 17.2 Å². The van der Waals surface area contributed by atoms with Gasteiger partial charge in [-0.3, -0.25) is 4.79 Å². The first-order valence-corrected chi connectivity index (χ1v) is 9.27. The molecule has 4 aromatic rings. The number of aromatic nitrogens is 1. The number of hydrogen-bond donors (Lipinski definition) is 1. The predicted octanol–water partition coefficient (Wildman–Crippen LogP) is 5.24. The van der Waals surface area contributed by atoms with Crippen molar-refractivity contribution in [3.8, 4) is 22.9 Å². The fraction of sp³-hybridized carbons (Fsp3) is 0.0870. The van der Waals surface area contributed by atoms with Gasteiger partial charge in [0.2, 0.25) is 0 Å². The van der Waals surface area contributed by atoms with Crippen LogP contribution < -0.4 is 9.47 Å². The smallest absolute Gasteiger partial charge is 0.198 e. The van der Waals surface area contributed by atoms with E-state index in [2.05, 4.69) is 0 Å². The summed E-state index contributed by atoms with van der Waals surface area (Å²) in [6, 6.07) is 17.6. The number of nitrogens with zero attached hydrogens (tertiary/aromatic N) is 1. The van der Waals surface area contributed by atoms with Crippen LogP contribution in [0, 0.1) is 0 Å². The summed E-state index contributed by atoms with van der Waals surface area (Å²) in [7, 11) is 3.07. The first-order valence-electron chi connectivity index (χ1n) is 8.89. The van der Waals surface area contributed by atoms with Crippen molar-refractivity contribution in [1.29, 1.82) is 0 Å². The van der Waals surface area contributed by atoms with Gasteiger partial charge in [-0.25, -0.2) is 0 Å². The molecule has 6 heteroatoms. The van der Waals surface area contributed by atoms with Gasteiger partial charge in [-0.1, -0.05) is 29.8 Å². The second-order valence-electron chi connectivity index (χ2n) is 6.43. The van der Waals surface area contributed by atoms with Crippen molar-refractivity contribution in [2.75, 3.05) is 14.2 Å². The van der Waals surface area contributed by atoms with E-state index in [0.29, 0.717) is 44.2 Å². The summed E-state index contributed by atoms with van der Waals surface area (Å²) in [5.74, 6) is 0.869. The van der Waals surface area contributed by atoms with Crippen molar-refractivity contribution in [2.24, 2.45) is 0 Å². The van der Waals surface area contributed by atoms with Crippen molar-refractivity contribution < 1.29 is 19.4 Å². The van der Waals surface area contributed by atoms with Gasteiger partial charge in [0.05, 0.1) is 47.6 Å². The zero-order valence-electron chi connectivity index (χ0n) is 15.8. The minimum Gasteiger partial charge on any atom is -0.506 e. The van der Waals surface area contributed by atoms with Gasteiger partial charge in [0, 0.05) is 11.6 Å². The fourth-order valence-electron chi connectivity index (χ4n) is 3.43. The van der Waals surface area contributed by atoms with E-state index >= 15 is 0 Å². The third kappa shape index (κ3) is 3.19. The molecule has 1 heterocycles. The van der Waals surface area contributed by atoms with Crippen LogP contribution in [0.15, 0.2) is 66.9 Å². The van der Waals surface area contributed by atoms with Crippen LogP contribution in [0.4, 0.5) is 0 Å². The molecule has 1 N–H and O–H groups in total. The molecule has 0 saturated carbocycles. The van der Waals surface area contributed by atoms with Crippen molar-refractivity contribution in [1.82, 2.24) is 4.57 Å². The van der Waals surface area contributed by atoms with Gasteiger partial charge in [0.1, 0.15) is 17.2 Å². The molecule has 0 fully saturated rings. The summed E-state index contributed by atoms with van der Waals surface area (Å²) in [6.07, 6.45) is 1.56. The van der Waals surface area contributed by atoms with Crippen LogP contribution in [0.3, 0.4) is 0 Å². The summed E-state index contributed by atoms with van der Waals surface area (Å²) in [5, 5.41) is 11.4. The molecule has 29 heavy (non-hydrogen) atoms. The second kappa shape index (κ2) is 7.53. The predicted molar refractivity (Wildman–Crippen MR) is 113 cm³/mol. The molecule has 0 spiro atoms. The Balaban J connectivity index is 1.90. The average molecular weight is 408 g/mol. The van der Waals surface area contributed by atoms with Gasteiger partial charge in [-0.15, -0.1) is 0 Å². The number of ether oxygens (including phenoxy) is 2. The van der Waals surface area contributed by atoms with Crippen molar-refractivity contribution >= 4 is 28.3 Å². The fourth-order valence-corrected chi connectivity index (χ4v) is 3.70. The number of ketones is 1. The quantitative estimate of drug-likeness (QED) is 0.460. The highest BCUT2D eigenvalue weighted by Gasteiger charge is 2.21. The molecule has 146 valence electrons.